The van der Waals surface area contributed by atoms with Crippen LogP contribution >= 0.6 is 0 Å². The summed E-state index contributed by atoms with van der Waals surface area (Å²) in [4.78, 5) is 43.4. The maximum atomic E-state index is 13.4. The lowest BCUT2D eigenvalue weighted by atomic mass is 10.1. The van der Waals surface area contributed by atoms with Gasteiger partial charge in [-0.1, -0.05) is 37.8 Å². The third kappa shape index (κ3) is 9.36. The first-order valence-electron chi connectivity index (χ1n) is 11.1. The zero-order valence-electron chi connectivity index (χ0n) is 19.3. The number of benzene rings is 1. The fourth-order valence-corrected chi connectivity index (χ4v) is 3.02. The molecule has 180 valence electrons. The SMILES string of the molecule is C=CCOC(=O)/C=C(/NCCc1ccc(F)cc1)C(=O)N(CCc1ccccn1)CC(=O)CC. The molecule has 0 spiro atoms. The first-order valence-corrected chi connectivity index (χ1v) is 11.1. The van der Waals surface area contributed by atoms with E-state index < -0.39 is 11.9 Å². The fraction of sp³-hybridized carbons (Fsp3) is 0.308. The molecule has 1 N–H and O–H groups in total. The van der Waals surface area contributed by atoms with Gasteiger partial charge in [0.1, 0.15) is 18.1 Å². The number of carbonyl (C=O) groups excluding carboxylic acids is 3. The van der Waals surface area contributed by atoms with Crippen molar-refractivity contribution < 1.29 is 23.5 Å². The molecule has 0 aliphatic carbocycles. The smallest absolute Gasteiger partial charge is 0.333 e. The van der Waals surface area contributed by atoms with E-state index in [0.717, 1.165) is 17.3 Å². The van der Waals surface area contributed by atoms with Crippen LogP contribution in [0.2, 0.25) is 0 Å². The number of hydrogen-bond acceptors (Lipinski definition) is 6. The molecule has 0 aliphatic heterocycles. The Bertz CT molecular complexity index is 991. The number of ketones is 1. The molecule has 0 aliphatic rings. The summed E-state index contributed by atoms with van der Waals surface area (Å²) in [5, 5.41) is 2.98. The topological polar surface area (TPSA) is 88.6 Å². The molecule has 2 rings (SSSR count). The Kier molecular flexibility index (Phi) is 11.2. The highest BCUT2D eigenvalue weighted by Gasteiger charge is 2.22. The van der Waals surface area contributed by atoms with Crippen LogP contribution in [0.15, 0.2) is 73.1 Å². The minimum absolute atomic E-state index is 0.00406. The van der Waals surface area contributed by atoms with Crippen LogP contribution in [0.25, 0.3) is 0 Å². The number of halogens is 1. The van der Waals surface area contributed by atoms with Crippen LogP contribution in [0.1, 0.15) is 24.6 Å². The second-order valence-electron chi connectivity index (χ2n) is 7.47. The van der Waals surface area contributed by atoms with Crippen LogP contribution in [0, 0.1) is 5.82 Å². The molecule has 8 heteroatoms. The second-order valence-corrected chi connectivity index (χ2v) is 7.47. The highest BCUT2D eigenvalue weighted by Crippen LogP contribution is 2.07. The van der Waals surface area contributed by atoms with Gasteiger partial charge in [-0.3, -0.25) is 14.6 Å². The summed E-state index contributed by atoms with van der Waals surface area (Å²) in [5.74, 6) is -1.63. The van der Waals surface area contributed by atoms with E-state index in [1.54, 1.807) is 31.3 Å². The quantitative estimate of drug-likeness (QED) is 0.261. The number of carbonyl (C=O) groups is 3. The Hall–Kier alpha value is -3.81. The molecule has 7 nitrogen and oxygen atoms in total. The average molecular weight is 468 g/mol. The molecule has 1 amide bonds. The molecule has 0 bridgehead atoms. The number of ether oxygens (including phenoxy) is 1. The number of amides is 1. The Morgan fingerprint density at radius 2 is 1.91 bits per heavy atom. The van der Waals surface area contributed by atoms with Crippen molar-refractivity contribution in [3.63, 3.8) is 0 Å². The van der Waals surface area contributed by atoms with Crippen molar-refractivity contribution in [2.24, 2.45) is 0 Å². The van der Waals surface area contributed by atoms with Crippen molar-refractivity contribution in [3.05, 3.63) is 90.2 Å². The summed E-state index contributed by atoms with van der Waals surface area (Å²) in [6.45, 7) is 5.72. The number of Topliss-reactive ketones (excluding diaryl/α,β-unsaturated/α-hetero) is 1. The van der Waals surface area contributed by atoms with Crippen molar-refractivity contribution in [2.45, 2.75) is 26.2 Å². The number of aromatic nitrogens is 1. The first-order chi connectivity index (χ1) is 16.4. The zero-order valence-corrected chi connectivity index (χ0v) is 19.3. The third-order valence-electron chi connectivity index (χ3n) is 4.89. The predicted octanol–water partition coefficient (Wildman–Crippen LogP) is 3.02. The maximum absolute atomic E-state index is 13.4. The molecule has 0 fully saturated rings. The van der Waals surface area contributed by atoms with Crippen LogP contribution in [-0.4, -0.2) is 53.8 Å². The predicted molar refractivity (Wildman–Crippen MR) is 127 cm³/mol. The van der Waals surface area contributed by atoms with Gasteiger partial charge < -0.3 is 15.0 Å². The van der Waals surface area contributed by atoms with Crippen molar-refractivity contribution in [3.8, 4) is 0 Å². The van der Waals surface area contributed by atoms with E-state index in [9.17, 15) is 18.8 Å². The normalized spacial score (nSPS) is 10.9. The molecule has 2 aromatic rings. The minimum atomic E-state index is -0.705. The molecule has 0 unspecified atom stereocenters. The number of rotatable bonds is 14. The van der Waals surface area contributed by atoms with E-state index in [0.29, 0.717) is 19.4 Å². The van der Waals surface area contributed by atoms with E-state index in [-0.39, 0.29) is 43.4 Å². The van der Waals surface area contributed by atoms with Gasteiger partial charge in [0.2, 0.25) is 0 Å². The van der Waals surface area contributed by atoms with Crippen molar-refractivity contribution in [1.82, 2.24) is 15.2 Å². The largest absolute Gasteiger partial charge is 0.458 e. The van der Waals surface area contributed by atoms with Crippen molar-refractivity contribution in [2.75, 3.05) is 26.2 Å². The van der Waals surface area contributed by atoms with Gasteiger partial charge in [-0.25, -0.2) is 9.18 Å². The lowest BCUT2D eigenvalue weighted by Crippen LogP contribution is -2.41. The summed E-state index contributed by atoms with van der Waals surface area (Å²) >= 11 is 0. The Morgan fingerprint density at radius 3 is 2.56 bits per heavy atom. The fourth-order valence-electron chi connectivity index (χ4n) is 3.02. The lowest BCUT2D eigenvalue weighted by Gasteiger charge is -2.24. The standard InChI is InChI=1S/C26H30FN3O4/c1-3-17-34-25(32)18-24(29-15-12-20-8-10-21(27)11-9-20)26(33)30(19-23(31)4-2)16-13-22-7-5-6-14-28-22/h3,5-11,14,18,29H,1,4,12-13,15-17,19H2,2H3/b24-18+. The Labute approximate surface area is 199 Å². The molecule has 0 atom stereocenters. The van der Waals surface area contributed by atoms with E-state index in [1.165, 1.54) is 23.1 Å². The van der Waals surface area contributed by atoms with Crippen molar-refractivity contribution >= 4 is 17.7 Å². The summed E-state index contributed by atoms with van der Waals surface area (Å²) in [6.07, 6.45) is 5.40. The van der Waals surface area contributed by atoms with Gasteiger partial charge in [0, 0.05) is 37.8 Å². The summed E-state index contributed by atoms with van der Waals surface area (Å²) in [7, 11) is 0. The van der Waals surface area contributed by atoms with Crippen molar-refractivity contribution in [1.29, 1.82) is 0 Å². The molecule has 0 saturated heterocycles. The van der Waals surface area contributed by atoms with Gasteiger partial charge in [-0.2, -0.15) is 0 Å². The molecule has 1 aromatic carbocycles. The monoisotopic (exact) mass is 467 g/mol. The molecule has 0 saturated carbocycles. The van der Waals surface area contributed by atoms with Crippen LogP contribution in [0.5, 0.6) is 0 Å². The molecule has 1 aromatic heterocycles. The van der Waals surface area contributed by atoms with Gasteiger partial charge in [0.15, 0.2) is 5.78 Å². The van der Waals surface area contributed by atoms with Crippen LogP contribution in [-0.2, 0) is 32.0 Å². The van der Waals surface area contributed by atoms with Gasteiger partial charge in [-0.15, -0.1) is 0 Å². The molecule has 1 heterocycles. The second kappa shape index (κ2) is 14.4. The van der Waals surface area contributed by atoms with E-state index >= 15 is 0 Å². The van der Waals surface area contributed by atoms with Gasteiger partial charge >= 0.3 is 5.97 Å². The lowest BCUT2D eigenvalue weighted by molar-refractivity contribution is -0.137. The number of pyridine rings is 1. The van der Waals surface area contributed by atoms with Crippen LogP contribution in [0.4, 0.5) is 4.39 Å². The molecular weight excluding hydrogens is 437 g/mol. The van der Waals surface area contributed by atoms with E-state index in [2.05, 4.69) is 16.9 Å². The number of nitrogens with zero attached hydrogens (tertiary/aromatic N) is 2. The molecule has 34 heavy (non-hydrogen) atoms. The third-order valence-corrected chi connectivity index (χ3v) is 4.89. The number of esters is 1. The van der Waals surface area contributed by atoms with Crippen LogP contribution < -0.4 is 5.32 Å². The first kappa shape index (κ1) is 26.4. The van der Waals surface area contributed by atoms with Gasteiger partial charge in [0.05, 0.1) is 12.6 Å². The Balaban J connectivity index is 2.17. The summed E-state index contributed by atoms with van der Waals surface area (Å²) in [5.41, 5.74) is 1.66. The number of hydrogen-bond donors (Lipinski definition) is 1. The summed E-state index contributed by atoms with van der Waals surface area (Å²) < 4.78 is 18.1. The summed E-state index contributed by atoms with van der Waals surface area (Å²) in [6, 6.07) is 11.5. The maximum Gasteiger partial charge on any atom is 0.333 e. The minimum Gasteiger partial charge on any atom is -0.458 e. The highest BCUT2D eigenvalue weighted by atomic mass is 19.1. The van der Waals surface area contributed by atoms with E-state index in [4.69, 9.17) is 4.74 Å². The van der Waals surface area contributed by atoms with Gasteiger partial charge in [-0.05, 0) is 36.2 Å². The molecule has 0 radical (unpaired) electrons. The highest BCUT2D eigenvalue weighted by molar-refractivity contribution is 6.00. The Morgan fingerprint density at radius 1 is 1.15 bits per heavy atom. The van der Waals surface area contributed by atoms with E-state index in [1.807, 2.05) is 12.1 Å². The van der Waals surface area contributed by atoms with Crippen LogP contribution in [0.3, 0.4) is 0 Å². The van der Waals surface area contributed by atoms with Gasteiger partial charge in [0.25, 0.3) is 5.91 Å². The molecular formula is C26H30FN3O4. The zero-order chi connectivity index (χ0) is 24.8. The number of nitrogens with one attached hydrogen (secondary N) is 1. The average Bonchev–Trinajstić information content (AvgIpc) is 2.85.